The number of hydrogen-bond acceptors (Lipinski definition) is 4. The Hall–Kier alpha value is -1.75. The number of carbonyl (C=O) groups excluding carboxylic acids is 1. The first kappa shape index (κ1) is 13.7. The number of hydrogen-bond donors (Lipinski definition) is 2. The molecule has 0 bridgehead atoms. The number of carbonyl (C=O) groups is 1. The zero-order chi connectivity index (χ0) is 14.0. The number of nitrogens with two attached hydrogens (primary N) is 1. The van der Waals surface area contributed by atoms with Gasteiger partial charge in [-0.05, 0) is 31.9 Å². The van der Waals surface area contributed by atoms with Gasteiger partial charge in [-0.1, -0.05) is 0 Å². The SMILES string of the molecule is COc1ccc(NC(=O)C2CC(N)C2)c(OC)c1C. The van der Waals surface area contributed by atoms with Crippen LogP contribution < -0.4 is 20.5 Å². The minimum Gasteiger partial charge on any atom is -0.496 e. The second-order valence-electron chi connectivity index (χ2n) is 4.89. The van der Waals surface area contributed by atoms with Crippen LogP contribution in [0.1, 0.15) is 18.4 Å². The maximum absolute atomic E-state index is 12.0. The zero-order valence-electron chi connectivity index (χ0n) is 11.5. The van der Waals surface area contributed by atoms with E-state index in [4.69, 9.17) is 15.2 Å². The molecule has 1 amide bonds. The molecule has 0 saturated heterocycles. The maximum Gasteiger partial charge on any atom is 0.227 e. The lowest BCUT2D eigenvalue weighted by molar-refractivity contribution is -0.122. The molecule has 0 aliphatic heterocycles. The number of nitrogens with one attached hydrogen (secondary N) is 1. The van der Waals surface area contributed by atoms with E-state index in [2.05, 4.69) is 5.32 Å². The van der Waals surface area contributed by atoms with Crippen LogP contribution in [0.25, 0.3) is 0 Å². The van der Waals surface area contributed by atoms with Gasteiger partial charge < -0.3 is 20.5 Å². The molecule has 2 rings (SSSR count). The summed E-state index contributed by atoms with van der Waals surface area (Å²) < 4.78 is 10.6. The number of benzene rings is 1. The summed E-state index contributed by atoms with van der Waals surface area (Å²) in [4.78, 5) is 12.0. The van der Waals surface area contributed by atoms with E-state index in [1.54, 1.807) is 20.3 Å². The Morgan fingerprint density at radius 2 is 2.00 bits per heavy atom. The maximum atomic E-state index is 12.0. The molecule has 3 N–H and O–H groups in total. The van der Waals surface area contributed by atoms with Crippen molar-refractivity contribution in [2.45, 2.75) is 25.8 Å². The Bertz CT molecular complexity index is 482. The van der Waals surface area contributed by atoms with Gasteiger partial charge in [-0.3, -0.25) is 4.79 Å². The zero-order valence-corrected chi connectivity index (χ0v) is 11.5. The lowest BCUT2D eigenvalue weighted by Gasteiger charge is -2.31. The summed E-state index contributed by atoms with van der Waals surface area (Å²) in [5.41, 5.74) is 7.24. The normalized spacial score (nSPS) is 21.5. The molecule has 1 saturated carbocycles. The summed E-state index contributed by atoms with van der Waals surface area (Å²) in [6.07, 6.45) is 1.51. The highest BCUT2D eigenvalue weighted by Gasteiger charge is 2.32. The topological polar surface area (TPSA) is 73.6 Å². The van der Waals surface area contributed by atoms with Crippen molar-refractivity contribution >= 4 is 11.6 Å². The van der Waals surface area contributed by atoms with Gasteiger partial charge >= 0.3 is 0 Å². The van der Waals surface area contributed by atoms with Gasteiger partial charge in [0, 0.05) is 17.5 Å². The molecule has 1 aromatic rings. The van der Waals surface area contributed by atoms with Crippen molar-refractivity contribution in [2.75, 3.05) is 19.5 Å². The smallest absolute Gasteiger partial charge is 0.227 e. The molecule has 0 aromatic heterocycles. The molecule has 5 nitrogen and oxygen atoms in total. The molecule has 5 heteroatoms. The second-order valence-corrected chi connectivity index (χ2v) is 4.89. The van der Waals surface area contributed by atoms with Gasteiger partial charge in [-0.2, -0.15) is 0 Å². The van der Waals surface area contributed by atoms with Crippen molar-refractivity contribution in [2.24, 2.45) is 11.7 Å². The molecule has 1 aromatic carbocycles. The molecule has 1 aliphatic rings. The highest BCUT2D eigenvalue weighted by atomic mass is 16.5. The van der Waals surface area contributed by atoms with Crippen molar-refractivity contribution in [3.05, 3.63) is 17.7 Å². The fourth-order valence-corrected chi connectivity index (χ4v) is 2.37. The molecular formula is C14H20N2O3. The van der Waals surface area contributed by atoms with E-state index < -0.39 is 0 Å². The average Bonchev–Trinajstić information content (AvgIpc) is 2.35. The van der Waals surface area contributed by atoms with Gasteiger partial charge in [0.1, 0.15) is 11.5 Å². The Morgan fingerprint density at radius 1 is 1.32 bits per heavy atom. The molecule has 1 aliphatic carbocycles. The van der Waals surface area contributed by atoms with Crippen LogP contribution in [0.3, 0.4) is 0 Å². The highest BCUT2D eigenvalue weighted by molar-refractivity contribution is 5.95. The van der Waals surface area contributed by atoms with E-state index in [1.165, 1.54) is 0 Å². The van der Waals surface area contributed by atoms with Crippen LogP contribution in [-0.4, -0.2) is 26.2 Å². The van der Waals surface area contributed by atoms with Gasteiger partial charge in [0.25, 0.3) is 0 Å². The third kappa shape index (κ3) is 2.66. The number of anilines is 1. The lowest BCUT2D eigenvalue weighted by Crippen LogP contribution is -2.42. The van der Waals surface area contributed by atoms with Crippen LogP contribution >= 0.6 is 0 Å². The van der Waals surface area contributed by atoms with Gasteiger partial charge in [0.05, 0.1) is 19.9 Å². The lowest BCUT2D eigenvalue weighted by atomic mass is 9.80. The number of ether oxygens (including phenoxy) is 2. The van der Waals surface area contributed by atoms with Crippen LogP contribution in [0.15, 0.2) is 12.1 Å². The standard InChI is InChI=1S/C14H20N2O3/c1-8-12(18-2)5-4-11(13(8)19-3)16-14(17)9-6-10(15)7-9/h4-5,9-10H,6-7,15H2,1-3H3,(H,16,17). The molecule has 0 radical (unpaired) electrons. The monoisotopic (exact) mass is 264 g/mol. The van der Waals surface area contributed by atoms with Crippen LogP contribution in [0.5, 0.6) is 11.5 Å². The van der Waals surface area contributed by atoms with E-state index in [1.807, 2.05) is 13.0 Å². The summed E-state index contributed by atoms with van der Waals surface area (Å²) in [5.74, 6) is 1.39. The molecule has 1 fully saturated rings. The van der Waals surface area contributed by atoms with Crippen molar-refractivity contribution in [1.82, 2.24) is 0 Å². The Morgan fingerprint density at radius 3 is 2.53 bits per heavy atom. The molecule has 0 atom stereocenters. The quantitative estimate of drug-likeness (QED) is 0.868. The highest BCUT2D eigenvalue weighted by Crippen LogP contribution is 2.36. The largest absolute Gasteiger partial charge is 0.496 e. The number of methoxy groups -OCH3 is 2. The summed E-state index contributed by atoms with van der Waals surface area (Å²) in [7, 11) is 3.19. The first-order valence-corrected chi connectivity index (χ1v) is 6.34. The summed E-state index contributed by atoms with van der Waals surface area (Å²) in [5, 5.41) is 2.90. The first-order chi connectivity index (χ1) is 9.06. The first-order valence-electron chi connectivity index (χ1n) is 6.34. The van der Waals surface area contributed by atoms with Crippen molar-refractivity contribution < 1.29 is 14.3 Å². The van der Waals surface area contributed by atoms with E-state index in [-0.39, 0.29) is 17.9 Å². The number of amides is 1. The van der Waals surface area contributed by atoms with Gasteiger partial charge in [-0.15, -0.1) is 0 Å². The Labute approximate surface area is 113 Å². The minimum absolute atomic E-state index is 0.00423. The Balaban J connectivity index is 2.16. The molecule has 0 heterocycles. The molecular weight excluding hydrogens is 244 g/mol. The van der Waals surface area contributed by atoms with Crippen LogP contribution in [0.2, 0.25) is 0 Å². The molecule has 0 spiro atoms. The average molecular weight is 264 g/mol. The van der Waals surface area contributed by atoms with Crippen molar-refractivity contribution in [1.29, 1.82) is 0 Å². The second kappa shape index (κ2) is 5.48. The van der Waals surface area contributed by atoms with E-state index in [0.717, 1.165) is 24.2 Å². The molecule has 104 valence electrons. The Kier molecular flexibility index (Phi) is 3.95. The van der Waals surface area contributed by atoms with Gasteiger partial charge in [0.15, 0.2) is 0 Å². The van der Waals surface area contributed by atoms with Crippen molar-refractivity contribution in [3.63, 3.8) is 0 Å². The summed E-state index contributed by atoms with van der Waals surface area (Å²) in [6, 6.07) is 3.77. The van der Waals surface area contributed by atoms with E-state index in [9.17, 15) is 4.79 Å². The summed E-state index contributed by atoms with van der Waals surface area (Å²) >= 11 is 0. The fraction of sp³-hybridized carbons (Fsp3) is 0.500. The third-order valence-electron chi connectivity index (χ3n) is 3.58. The van der Waals surface area contributed by atoms with Crippen molar-refractivity contribution in [3.8, 4) is 11.5 Å². The van der Waals surface area contributed by atoms with Gasteiger partial charge in [0.2, 0.25) is 5.91 Å². The van der Waals surface area contributed by atoms with Crippen LogP contribution in [-0.2, 0) is 4.79 Å². The van der Waals surface area contributed by atoms with E-state index in [0.29, 0.717) is 11.4 Å². The number of rotatable bonds is 4. The predicted molar refractivity (Wildman–Crippen MR) is 73.6 cm³/mol. The third-order valence-corrected chi connectivity index (χ3v) is 3.58. The summed E-state index contributed by atoms with van der Waals surface area (Å²) in [6.45, 7) is 1.90. The minimum atomic E-state index is 0.00423. The van der Waals surface area contributed by atoms with Crippen LogP contribution in [0, 0.1) is 12.8 Å². The molecule has 0 unspecified atom stereocenters. The van der Waals surface area contributed by atoms with Crippen LogP contribution in [0.4, 0.5) is 5.69 Å². The van der Waals surface area contributed by atoms with E-state index >= 15 is 0 Å². The van der Waals surface area contributed by atoms with Gasteiger partial charge in [-0.25, -0.2) is 0 Å². The predicted octanol–water partition coefficient (Wildman–Crippen LogP) is 1.69. The fourth-order valence-electron chi connectivity index (χ4n) is 2.37. The molecule has 19 heavy (non-hydrogen) atoms.